The number of nitrogens with zero attached hydrogens (tertiary/aromatic N) is 1. The summed E-state index contributed by atoms with van der Waals surface area (Å²) >= 11 is 0. The van der Waals surface area contributed by atoms with Crippen molar-refractivity contribution < 1.29 is 4.79 Å². The van der Waals surface area contributed by atoms with Crippen LogP contribution in [0.15, 0.2) is 61.2 Å². The number of allylic oxidation sites excluding steroid dienone is 1. The van der Waals surface area contributed by atoms with Gasteiger partial charge < -0.3 is 4.90 Å². The molecule has 0 fully saturated rings. The first-order valence-electron chi connectivity index (χ1n) is 5.59. The molecule has 0 unspecified atom stereocenters. The van der Waals surface area contributed by atoms with Crippen molar-refractivity contribution in [1.82, 2.24) is 0 Å². The molecule has 0 bridgehead atoms. The Morgan fingerprint density at radius 3 is 2.76 bits per heavy atom. The molecule has 0 saturated heterocycles. The Labute approximate surface area is 102 Å². The third-order valence-corrected chi connectivity index (χ3v) is 2.91. The molecule has 1 amide bonds. The van der Waals surface area contributed by atoms with E-state index >= 15 is 0 Å². The number of hydrogen-bond donors (Lipinski definition) is 0. The Kier molecular flexibility index (Phi) is 3.24. The maximum absolute atomic E-state index is 11.9. The second-order valence-electron chi connectivity index (χ2n) is 3.94. The lowest BCUT2D eigenvalue weighted by molar-refractivity contribution is -0.114. The van der Waals surface area contributed by atoms with Crippen LogP contribution in [-0.4, -0.2) is 12.5 Å². The van der Waals surface area contributed by atoms with E-state index in [1.165, 1.54) is 6.08 Å². The van der Waals surface area contributed by atoms with Crippen LogP contribution in [0.5, 0.6) is 0 Å². The number of para-hydroxylation sites is 1. The first kappa shape index (κ1) is 11.4. The normalized spacial score (nSPS) is 14.4. The topological polar surface area (TPSA) is 20.3 Å². The van der Waals surface area contributed by atoms with Gasteiger partial charge in [-0.1, -0.05) is 43.5 Å². The summed E-state index contributed by atoms with van der Waals surface area (Å²) in [6.45, 7) is 7.89. The number of hydrogen-bond acceptors (Lipinski definition) is 1. The predicted octanol–water partition coefficient (Wildman–Crippen LogP) is 2.87. The molecule has 0 N–H and O–H groups in total. The Morgan fingerprint density at radius 1 is 1.29 bits per heavy atom. The number of benzene rings is 1. The molecule has 2 rings (SSSR count). The fraction of sp³-hybridized carbons (Fsp3) is 0.133. The highest BCUT2D eigenvalue weighted by Gasteiger charge is 2.18. The van der Waals surface area contributed by atoms with Crippen LogP contribution in [0.2, 0.25) is 0 Å². The summed E-state index contributed by atoms with van der Waals surface area (Å²) in [7, 11) is 0. The summed E-state index contributed by atoms with van der Waals surface area (Å²) in [5.74, 6) is -0.0768. The van der Waals surface area contributed by atoms with E-state index in [0.29, 0.717) is 6.54 Å². The van der Waals surface area contributed by atoms with Crippen LogP contribution < -0.4 is 4.90 Å². The lowest BCUT2D eigenvalue weighted by Crippen LogP contribution is -2.30. The maximum atomic E-state index is 11.9. The van der Waals surface area contributed by atoms with Crippen LogP contribution in [-0.2, 0) is 11.2 Å². The van der Waals surface area contributed by atoms with Crippen molar-refractivity contribution in [1.29, 1.82) is 0 Å². The second-order valence-corrected chi connectivity index (χ2v) is 3.94. The Balaban J connectivity index is 2.48. The number of rotatable bonds is 2. The van der Waals surface area contributed by atoms with Crippen molar-refractivity contribution in [2.24, 2.45) is 0 Å². The summed E-state index contributed by atoms with van der Waals surface area (Å²) in [6.07, 6.45) is 6.10. The van der Waals surface area contributed by atoms with Crippen LogP contribution in [0.4, 0.5) is 5.69 Å². The van der Waals surface area contributed by atoms with Gasteiger partial charge in [-0.2, -0.15) is 0 Å². The van der Waals surface area contributed by atoms with E-state index < -0.39 is 0 Å². The lowest BCUT2D eigenvalue weighted by Gasteiger charge is -2.22. The van der Waals surface area contributed by atoms with E-state index in [2.05, 4.69) is 19.2 Å². The average molecular weight is 225 g/mol. The summed E-state index contributed by atoms with van der Waals surface area (Å²) in [6, 6.07) is 7.95. The number of carbonyl (C=O) groups excluding carboxylic acids is 1. The van der Waals surface area contributed by atoms with Crippen LogP contribution >= 0.6 is 0 Å². The zero-order valence-electron chi connectivity index (χ0n) is 9.73. The number of carbonyl (C=O) groups is 1. The molecule has 1 aliphatic rings. The predicted molar refractivity (Wildman–Crippen MR) is 71.0 cm³/mol. The number of fused-ring (bicyclic) bond motifs is 1. The average Bonchev–Trinajstić information content (AvgIpc) is 2.57. The van der Waals surface area contributed by atoms with Crippen molar-refractivity contribution >= 4 is 11.6 Å². The fourth-order valence-electron chi connectivity index (χ4n) is 1.97. The number of amides is 1. The zero-order valence-corrected chi connectivity index (χ0v) is 9.73. The summed E-state index contributed by atoms with van der Waals surface area (Å²) < 4.78 is 0. The summed E-state index contributed by atoms with van der Waals surface area (Å²) in [5, 5.41) is 0. The van der Waals surface area contributed by atoms with Gasteiger partial charge in [0.15, 0.2) is 0 Å². The number of anilines is 1. The molecule has 2 heteroatoms. The third-order valence-electron chi connectivity index (χ3n) is 2.91. The second kappa shape index (κ2) is 4.83. The van der Waals surface area contributed by atoms with Gasteiger partial charge in [0.05, 0.1) is 6.54 Å². The molecule has 1 aromatic rings. The first-order chi connectivity index (χ1) is 8.26. The van der Waals surface area contributed by atoms with Gasteiger partial charge in [0, 0.05) is 5.69 Å². The minimum atomic E-state index is -0.0768. The molecule has 0 saturated carbocycles. The van der Waals surface area contributed by atoms with E-state index in [1.807, 2.05) is 24.3 Å². The van der Waals surface area contributed by atoms with Crippen molar-refractivity contribution in [3.63, 3.8) is 0 Å². The van der Waals surface area contributed by atoms with E-state index in [4.69, 9.17) is 0 Å². The van der Waals surface area contributed by atoms with Crippen LogP contribution in [0.1, 0.15) is 5.56 Å². The third kappa shape index (κ3) is 2.21. The highest BCUT2D eigenvalue weighted by atomic mass is 16.2. The van der Waals surface area contributed by atoms with Crippen LogP contribution in [0.25, 0.3) is 0 Å². The SMILES string of the molecule is C=CC(=O)N1CC(C=C)=CCc2ccccc21. The highest BCUT2D eigenvalue weighted by molar-refractivity contribution is 6.02. The van der Waals surface area contributed by atoms with Gasteiger partial charge in [0.2, 0.25) is 0 Å². The van der Waals surface area contributed by atoms with Gasteiger partial charge in [-0.25, -0.2) is 0 Å². The van der Waals surface area contributed by atoms with Crippen molar-refractivity contribution in [3.8, 4) is 0 Å². The maximum Gasteiger partial charge on any atom is 0.250 e. The molecular weight excluding hydrogens is 210 g/mol. The minimum absolute atomic E-state index is 0.0768. The van der Waals surface area contributed by atoms with Gasteiger partial charge in [-0.15, -0.1) is 0 Å². The van der Waals surface area contributed by atoms with Crippen LogP contribution in [0, 0.1) is 0 Å². The molecule has 0 radical (unpaired) electrons. The van der Waals surface area contributed by atoms with Crippen LogP contribution in [0.3, 0.4) is 0 Å². The molecule has 0 aromatic heterocycles. The smallest absolute Gasteiger partial charge is 0.250 e. The molecule has 1 aromatic carbocycles. The van der Waals surface area contributed by atoms with Gasteiger partial charge in [-0.05, 0) is 29.7 Å². The van der Waals surface area contributed by atoms with E-state index in [1.54, 1.807) is 11.0 Å². The monoisotopic (exact) mass is 225 g/mol. The molecular formula is C15H15NO. The van der Waals surface area contributed by atoms with Crippen molar-refractivity contribution in [2.75, 3.05) is 11.4 Å². The van der Waals surface area contributed by atoms with Crippen molar-refractivity contribution in [2.45, 2.75) is 6.42 Å². The molecule has 0 spiro atoms. The van der Waals surface area contributed by atoms with Gasteiger partial charge >= 0.3 is 0 Å². The Bertz CT molecular complexity index is 499. The van der Waals surface area contributed by atoms with E-state index in [0.717, 1.165) is 23.2 Å². The molecule has 0 atom stereocenters. The summed E-state index contributed by atoms with van der Waals surface area (Å²) in [5.41, 5.74) is 3.18. The molecule has 86 valence electrons. The van der Waals surface area contributed by atoms with Gasteiger partial charge in [0.1, 0.15) is 0 Å². The molecule has 2 nitrogen and oxygen atoms in total. The Morgan fingerprint density at radius 2 is 2.06 bits per heavy atom. The molecule has 0 aliphatic carbocycles. The summed E-state index contributed by atoms with van der Waals surface area (Å²) in [4.78, 5) is 13.6. The Hall–Kier alpha value is -2.09. The molecule has 17 heavy (non-hydrogen) atoms. The quantitative estimate of drug-likeness (QED) is 0.709. The largest absolute Gasteiger partial charge is 0.304 e. The standard InChI is InChI=1S/C15H15NO/c1-3-12-9-10-13-7-5-6-8-14(13)16(11-12)15(17)4-2/h3-9H,1-2,10-11H2. The molecule has 1 aliphatic heterocycles. The van der Waals surface area contributed by atoms with Crippen molar-refractivity contribution in [3.05, 3.63) is 66.8 Å². The molecule has 1 heterocycles. The minimum Gasteiger partial charge on any atom is -0.304 e. The van der Waals surface area contributed by atoms with E-state index in [9.17, 15) is 4.79 Å². The van der Waals surface area contributed by atoms with Gasteiger partial charge in [0.25, 0.3) is 5.91 Å². The zero-order chi connectivity index (χ0) is 12.3. The fourth-order valence-corrected chi connectivity index (χ4v) is 1.97. The lowest BCUT2D eigenvalue weighted by atomic mass is 10.1. The first-order valence-corrected chi connectivity index (χ1v) is 5.59. The van der Waals surface area contributed by atoms with E-state index in [-0.39, 0.29) is 5.91 Å². The highest BCUT2D eigenvalue weighted by Crippen LogP contribution is 2.26. The van der Waals surface area contributed by atoms with Gasteiger partial charge in [-0.3, -0.25) is 4.79 Å².